The summed E-state index contributed by atoms with van der Waals surface area (Å²) >= 11 is 3.55. The first kappa shape index (κ1) is 22.2. The first-order valence-corrected chi connectivity index (χ1v) is 11.9. The van der Waals surface area contributed by atoms with Crippen LogP contribution in [0.4, 0.5) is 0 Å². The molecule has 5 nitrogen and oxygen atoms in total. The van der Waals surface area contributed by atoms with E-state index in [9.17, 15) is 5.26 Å². The van der Waals surface area contributed by atoms with Gasteiger partial charge in [-0.2, -0.15) is 5.26 Å². The molecule has 1 N–H and O–H groups in total. The van der Waals surface area contributed by atoms with Gasteiger partial charge in [-0.05, 0) is 82.7 Å². The van der Waals surface area contributed by atoms with Crippen molar-refractivity contribution in [3.8, 4) is 17.6 Å². The van der Waals surface area contributed by atoms with Crippen molar-refractivity contribution in [1.82, 2.24) is 9.97 Å². The third kappa shape index (κ3) is 5.44. The third-order valence-corrected chi connectivity index (χ3v) is 6.16. The molecule has 4 rings (SSSR count). The van der Waals surface area contributed by atoms with Gasteiger partial charge in [0.1, 0.15) is 12.7 Å². The molecular formula is C25H20IN3O2S. The number of fused-ring (bicyclic) bond motifs is 1. The molecule has 7 heteroatoms. The lowest BCUT2D eigenvalue weighted by molar-refractivity contribution is 0.267. The molecule has 3 aromatic carbocycles. The van der Waals surface area contributed by atoms with Crippen molar-refractivity contribution in [3.05, 3.63) is 86.3 Å². The van der Waals surface area contributed by atoms with Crippen molar-refractivity contribution in [2.24, 2.45) is 0 Å². The molecule has 0 bridgehead atoms. The number of allylic oxidation sites excluding steroid dienone is 1. The molecule has 0 amide bonds. The molecule has 0 saturated heterocycles. The van der Waals surface area contributed by atoms with E-state index in [0.29, 0.717) is 34.8 Å². The summed E-state index contributed by atoms with van der Waals surface area (Å²) in [6, 6.07) is 24.0. The molecule has 160 valence electrons. The fourth-order valence-electron chi connectivity index (χ4n) is 3.12. The summed E-state index contributed by atoms with van der Waals surface area (Å²) in [5.74, 6) is 1.37. The van der Waals surface area contributed by atoms with Gasteiger partial charge in [0.25, 0.3) is 0 Å². The molecule has 0 aliphatic rings. The molecule has 1 aromatic heterocycles. The second kappa shape index (κ2) is 10.6. The number of hydrogen-bond acceptors (Lipinski definition) is 5. The number of nitriles is 1. The average molecular weight is 553 g/mol. The largest absolute Gasteiger partial charge is 0.490 e. The van der Waals surface area contributed by atoms with Gasteiger partial charge in [0, 0.05) is 0 Å². The molecule has 0 aliphatic carbocycles. The van der Waals surface area contributed by atoms with Crippen molar-refractivity contribution >= 4 is 51.5 Å². The number of aromatic nitrogens is 2. The zero-order valence-corrected chi connectivity index (χ0v) is 20.3. The Morgan fingerprint density at radius 2 is 1.91 bits per heavy atom. The Morgan fingerprint density at radius 3 is 2.66 bits per heavy atom. The number of imidazole rings is 1. The molecule has 0 atom stereocenters. The molecule has 0 spiro atoms. The Kier molecular flexibility index (Phi) is 7.35. The molecule has 1 heterocycles. The summed E-state index contributed by atoms with van der Waals surface area (Å²) in [4.78, 5) is 8.32. The highest BCUT2D eigenvalue weighted by molar-refractivity contribution is 14.1. The van der Waals surface area contributed by atoms with Crippen LogP contribution >= 0.6 is 34.4 Å². The maximum Gasteiger partial charge on any atom is 0.175 e. The second-order valence-electron chi connectivity index (χ2n) is 6.82. The number of benzene rings is 3. The van der Waals surface area contributed by atoms with Gasteiger partial charge in [-0.15, -0.1) is 0 Å². The fraction of sp³-hybridized carbons (Fsp3) is 0.120. The van der Waals surface area contributed by atoms with Crippen LogP contribution in [-0.4, -0.2) is 16.6 Å². The van der Waals surface area contributed by atoms with Crippen LogP contribution in [0, 0.1) is 14.9 Å². The monoisotopic (exact) mass is 553 g/mol. The van der Waals surface area contributed by atoms with E-state index in [1.54, 1.807) is 0 Å². The van der Waals surface area contributed by atoms with Crippen LogP contribution in [0.5, 0.6) is 11.5 Å². The van der Waals surface area contributed by atoms with Crippen molar-refractivity contribution in [2.75, 3.05) is 6.61 Å². The topological polar surface area (TPSA) is 70.9 Å². The van der Waals surface area contributed by atoms with E-state index in [2.05, 4.69) is 38.6 Å². The number of halogens is 1. The first-order chi connectivity index (χ1) is 15.7. The summed E-state index contributed by atoms with van der Waals surface area (Å²) in [7, 11) is 0. The summed E-state index contributed by atoms with van der Waals surface area (Å²) in [6.07, 6.45) is 1.84. The van der Waals surface area contributed by atoms with Gasteiger partial charge < -0.3 is 14.5 Å². The minimum absolute atomic E-state index is 0.456. The lowest BCUT2D eigenvalue weighted by Gasteiger charge is -2.15. The van der Waals surface area contributed by atoms with Crippen molar-refractivity contribution in [1.29, 1.82) is 5.26 Å². The van der Waals surface area contributed by atoms with Crippen LogP contribution in [0.1, 0.15) is 18.1 Å². The van der Waals surface area contributed by atoms with E-state index in [0.717, 1.165) is 25.7 Å². The Labute approximate surface area is 204 Å². The molecule has 32 heavy (non-hydrogen) atoms. The van der Waals surface area contributed by atoms with Gasteiger partial charge in [0.2, 0.25) is 0 Å². The van der Waals surface area contributed by atoms with Gasteiger partial charge in [0.05, 0.1) is 26.1 Å². The highest BCUT2D eigenvalue weighted by Crippen LogP contribution is 2.36. The fourth-order valence-corrected chi connectivity index (χ4v) is 4.66. The average Bonchev–Trinajstić information content (AvgIpc) is 3.21. The van der Waals surface area contributed by atoms with Crippen LogP contribution in [0.25, 0.3) is 17.1 Å². The third-order valence-electron chi connectivity index (χ3n) is 4.54. The number of thioether (sulfide) groups is 1. The van der Waals surface area contributed by atoms with Crippen molar-refractivity contribution in [3.63, 3.8) is 0 Å². The molecule has 0 fully saturated rings. The van der Waals surface area contributed by atoms with Crippen LogP contribution in [0.2, 0.25) is 0 Å². The number of rotatable bonds is 8. The Bertz CT molecular complexity index is 1260. The number of aromatic amines is 1. The van der Waals surface area contributed by atoms with Gasteiger partial charge in [-0.3, -0.25) is 0 Å². The Balaban J connectivity index is 1.58. The number of H-pyrrole nitrogens is 1. The van der Waals surface area contributed by atoms with E-state index in [1.165, 1.54) is 11.8 Å². The maximum atomic E-state index is 9.69. The van der Waals surface area contributed by atoms with E-state index in [1.807, 2.05) is 79.7 Å². The number of ether oxygens (including phenoxy) is 2. The predicted molar refractivity (Wildman–Crippen MR) is 137 cm³/mol. The van der Waals surface area contributed by atoms with Crippen molar-refractivity contribution in [2.45, 2.75) is 18.7 Å². The van der Waals surface area contributed by atoms with Gasteiger partial charge in [-0.25, -0.2) is 4.98 Å². The zero-order valence-electron chi connectivity index (χ0n) is 17.3. The molecular weight excluding hydrogens is 533 g/mol. The van der Waals surface area contributed by atoms with Gasteiger partial charge in [0.15, 0.2) is 16.7 Å². The molecule has 0 aliphatic heterocycles. The summed E-state index contributed by atoms with van der Waals surface area (Å²) in [5, 5.41) is 10.4. The molecule has 0 unspecified atom stereocenters. The number of para-hydroxylation sites is 2. The van der Waals surface area contributed by atoms with Crippen LogP contribution < -0.4 is 9.47 Å². The maximum absolute atomic E-state index is 9.69. The minimum atomic E-state index is 0.456. The number of nitrogens with zero attached hydrogens (tertiary/aromatic N) is 2. The van der Waals surface area contributed by atoms with Crippen LogP contribution in [-0.2, 0) is 6.61 Å². The van der Waals surface area contributed by atoms with Gasteiger partial charge in [-0.1, -0.05) is 42.5 Å². The molecule has 4 aromatic rings. The zero-order chi connectivity index (χ0) is 22.3. The normalized spacial score (nSPS) is 11.3. The Morgan fingerprint density at radius 1 is 1.12 bits per heavy atom. The predicted octanol–water partition coefficient (Wildman–Crippen LogP) is 6.80. The van der Waals surface area contributed by atoms with Crippen LogP contribution in [0.3, 0.4) is 0 Å². The SMILES string of the molecule is CCOc1cc(/C=C(\C#N)Sc2nc3ccccc3[nH]2)cc(I)c1OCc1ccccc1. The lowest BCUT2D eigenvalue weighted by Crippen LogP contribution is -2.02. The van der Waals surface area contributed by atoms with E-state index >= 15 is 0 Å². The van der Waals surface area contributed by atoms with E-state index in [4.69, 9.17) is 9.47 Å². The van der Waals surface area contributed by atoms with Crippen LogP contribution in [0.15, 0.2) is 76.8 Å². The highest BCUT2D eigenvalue weighted by Gasteiger charge is 2.13. The summed E-state index contributed by atoms with van der Waals surface area (Å²) < 4.78 is 12.9. The second-order valence-corrected chi connectivity index (χ2v) is 9.01. The molecule has 0 saturated carbocycles. The number of hydrogen-bond donors (Lipinski definition) is 1. The molecule has 0 radical (unpaired) electrons. The van der Waals surface area contributed by atoms with Gasteiger partial charge >= 0.3 is 0 Å². The Hall–Kier alpha value is -2.96. The van der Waals surface area contributed by atoms with Crippen molar-refractivity contribution < 1.29 is 9.47 Å². The highest BCUT2D eigenvalue weighted by atomic mass is 127. The minimum Gasteiger partial charge on any atom is -0.490 e. The smallest absolute Gasteiger partial charge is 0.175 e. The number of nitrogens with one attached hydrogen (secondary N) is 1. The first-order valence-electron chi connectivity index (χ1n) is 10.0. The quantitative estimate of drug-likeness (QED) is 0.148. The summed E-state index contributed by atoms with van der Waals surface area (Å²) in [5.41, 5.74) is 3.77. The summed E-state index contributed by atoms with van der Waals surface area (Å²) in [6.45, 7) is 2.91. The van der Waals surface area contributed by atoms with E-state index < -0.39 is 0 Å². The van der Waals surface area contributed by atoms with E-state index in [-0.39, 0.29) is 0 Å². The standard InChI is InChI=1S/C25H20IN3O2S/c1-2-30-23-14-18(13-20(26)24(23)31-16-17-8-4-3-5-9-17)12-19(15-27)32-25-28-21-10-6-7-11-22(21)29-25/h3-14H,2,16H2,1H3,(H,28,29)/b19-12+. The lowest BCUT2D eigenvalue weighted by atomic mass is 10.2.